The van der Waals surface area contributed by atoms with E-state index in [1.54, 1.807) is 0 Å². The standard InChI is InChI=1S/C16H15N3S/c1-10-3-5-12(6-4-10)14-8-7-13(11(2)18-14)15-9-20-16(17)19-15/h3-9H,1-2H3,(H2,17,19). The van der Waals surface area contributed by atoms with E-state index < -0.39 is 0 Å². The maximum absolute atomic E-state index is 5.69. The predicted molar refractivity (Wildman–Crippen MR) is 84.7 cm³/mol. The average molecular weight is 281 g/mol. The van der Waals surface area contributed by atoms with Crippen LogP contribution >= 0.6 is 11.3 Å². The van der Waals surface area contributed by atoms with E-state index in [4.69, 9.17) is 5.73 Å². The molecule has 0 unspecified atom stereocenters. The number of aryl methyl sites for hydroxylation is 2. The first-order valence-corrected chi connectivity index (χ1v) is 7.27. The van der Waals surface area contributed by atoms with Crippen molar-refractivity contribution in [2.75, 3.05) is 5.73 Å². The normalized spacial score (nSPS) is 10.7. The molecule has 3 nitrogen and oxygen atoms in total. The summed E-state index contributed by atoms with van der Waals surface area (Å²) >= 11 is 1.45. The molecule has 0 atom stereocenters. The third-order valence-corrected chi connectivity index (χ3v) is 3.90. The Labute approximate surface area is 122 Å². The lowest BCUT2D eigenvalue weighted by Gasteiger charge is -2.06. The van der Waals surface area contributed by atoms with Crippen LogP contribution in [0.25, 0.3) is 22.5 Å². The fraction of sp³-hybridized carbons (Fsp3) is 0.125. The third-order valence-electron chi connectivity index (χ3n) is 3.23. The van der Waals surface area contributed by atoms with Gasteiger partial charge in [0.05, 0.1) is 11.4 Å². The second kappa shape index (κ2) is 5.06. The number of nitrogens with zero attached hydrogens (tertiary/aromatic N) is 2. The van der Waals surface area contributed by atoms with Gasteiger partial charge in [-0.15, -0.1) is 11.3 Å². The molecule has 100 valence electrons. The highest BCUT2D eigenvalue weighted by atomic mass is 32.1. The number of rotatable bonds is 2. The number of aromatic nitrogens is 2. The molecule has 0 radical (unpaired) electrons. The zero-order valence-electron chi connectivity index (χ0n) is 11.4. The molecule has 0 bridgehead atoms. The van der Waals surface area contributed by atoms with Gasteiger partial charge in [0.2, 0.25) is 0 Å². The summed E-state index contributed by atoms with van der Waals surface area (Å²) in [7, 11) is 0. The Morgan fingerprint density at radius 1 is 0.900 bits per heavy atom. The molecule has 0 aliphatic carbocycles. The number of benzene rings is 1. The van der Waals surface area contributed by atoms with Crippen molar-refractivity contribution >= 4 is 16.5 Å². The SMILES string of the molecule is Cc1ccc(-c2ccc(-c3csc(N)n3)c(C)n2)cc1. The molecule has 0 amide bonds. The van der Waals surface area contributed by atoms with Crippen molar-refractivity contribution < 1.29 is 0 Å². The molecule has 2 aromatic heterocycles. The zero-order chi connectivity index (χ0) is 14.1. The van der Waals surface area contributed by atoms with Crippen LogP contribution in [0.5, 0.6) is 0 Å². The summed E-state index contributed by atoms with van der Waals surface area (Å²) in [5.41, 5.74) is 11.9. The monoisotopic (exact) mass is 281 g/mol. The van der Waals surface area contributed by atoms with Crippen LogP contribution in [-0.2, 0) is 0 Å². The Balaban J connectivity index is 2.01. The Kier molecular flexibility index (Phi) is 3.24. The fourth-order valence-corrected chi connectivity index (χ4v) is 2.69. The van der Waals surface area contributed by atoms with E-state index in [2.05, 4.69) is 47.2 Å². The molecule has 20 heavy (non-hydrogen) atoms. The lowest BCUT2D eigenvalue weighted by atomic mass is 10.1. The van der Waals surface area contributed by atoms with E-state index in [1.807, 2.05) is 18.4 Å². The van der Waals surface area contributed by atoms with Gasteiger partial charge in [-0.25, -0.2) is 4.98 Å². The van der Waals surface area contributed by atoms with E-state index in [9.17, 15) is 0 Å². The second-order valence-corrected chi connectivity index (χ2v) is 5.66. The Hall–Kier alpha value is -2.20. The summed E-state index contributed by atoms with van der Waals surface area (Å²) in [5.74, 6) is 0. The third kappa shape index (κ3) is 2.42. The van der Waals surface area contributed by atoms with Crippen molar-refractivity contribution in [1.82, 2.24) is 9.97 Å². The topological polar surface area (TPSA) is 51.8 Å². The highest BCUT2D eigenvalue weighted by molar-refractivity contribution is 7.13. The lowest BCUT2D eigenvalue weighted by Crippen LogP contribution is -1.92. The van der Waals surface area contributed by atoms with Crippen LogP contribution in [0.2, 0.25) is 0 Å². The molecule has 0 aliphatic rings. The molecule has 0 spiro atoms. The number of hydrogen-bond donors (Lipinski definition) is 1. The van der Waals surface area contributed by atoms with Crippen molar-refractivity contribution in [3.63, 3.8) is 0 Å². The molecular formula is C16H15N3S. The summed E-state index contributed by atoms with van der Waals surface area (Å²) in [4.78, 5) is 8.99. The van der Waals surface area contributed by atoms with Crippen molar-refractivity contribution in [3.05, 3.63) is 53.0 Å². The summed E-state index contributed by atoms with van der Waals surface area (Å²) in [6.07, 6.45) is 0. The molecule has 1 aromatic carbocycles. The number of nitrogen functional groups attached to an aromatic ring is 1. The van der Waals surface area contributed by atoms with Gasteiger partial charge >= 0.3 is 0 Å². The summed E-state index contributed by atoms with van der Waals surface area (Å²) in [5, 5.41) is 2.55. The van der Waals surface area contributed by atoms with E-state index in [1.165, 1.54) is 16.9 Å². The van der Waals surface area contributed by atoms with Gasteiger partial charge in [-0.1, -0.05) is 29.8 Å². The minimum Gasteiger partial charge on any atom is -0.375 e. The quantitative estimate of drug-likeness (QED) is 0.770. The van der Waals surface area contributed by atoms with Crippen LogP contribution in [-0.4, -0.2) is 9.97 Å². The molecular weight excluding hydrogens is 266 g/mol. The molecule has 4 heteroatoms. The maximum Gasteiger partial charge on any atom is 0.180 e. The first-order chi connectivity index (χ1) is 9.63. The van der Waals surface area contributed by atoms with Crippen LogP contribution in [0.4, 0.5) is 5.13 Å². The Morgan fingerprint density at radius 3 is 2.25 bits per heavy atom. The van der Waals surface area contributed by atoms with Gasteiger partial charge in [0.15, 0.2) is 5.13 Å². The summed E-state index contributed by atoms with van der Waals surface area (Å²) in [6, 6.07) is 12.5. The number of pyridine rings is 1. The molecule has 0 saturated heterocycles. The molecule has 3 rings (SSSR count). The van der Waals surface area contributed by atoms with Gasteiger partial charge in [0, 0.05) is 22.2 Å². The van der Waals surface area contributed by atoms with Gasteiger partial charge in [-0.05, 0) is 26.0 Å². The molecule has 0 saturated carbocycles. The van der Waals surface area contributed by atoms with Crippen molar-refractivity contribution in [1.29, 1.82) is 0 Å². The van der Waals surface area contributed by atoms with E-state index in [0.29, 0.717) is 5.13 Å². The molecule has 3 aromatic rings. The predicted octanol–water partition coefficient (Wildman–Crippen LogP) is 4.07. The molecule has 0 fully saturated rings. The average Bonchev–Trinajstić information content (AvgIpc) is 2.86. The first-order valence-electron chi connectivity index (χ1n) is 6.39. The van der Waals surface area contributed by atoms with Crippen LogP contribution < -0.4 is 5.73 Å². The first kappa shape index (κ1) is 12.8. The van der Waals surface area contributed by atoms with E-state index in [0.717, 1.165) is 28.2 Å². The van der Waals surface area contributed by atoms with Gasteiger partial charge in [0.25, 0.3) is 0 Å². The number of anilines is 1. The molecule has 2 N–H and O–H groups in total. The highest BCUT2D eigenvalue weighted by Crippen LogP contribution is 2.27. The maximum atomic E-state index is 5.69. The molecule has 0 aliphatic heterocycles. The number of nitrogens with two attached hydrogens (primary N) is 1. The van der Waals surface area contributed by atoms with Gasteiger partial charge < -0.3 is 5.73 Å². The minimum absolute atomic E-state index is 0.585. The van der Waals surface area contributed by atoms with Gasteiger partial charge in [-0.2, -0.15) is 0 Å². The van der Waals surface area contributed by atoms with Crippen molar-refractivity contribution in [2.24, 2.45) is 0 Å². The van der Waals surface area contributed by atoms with Crippen LogP contribution in [0, 0.1) is 13.8 Å². The second-order valence-electron chi connectivity index (χ2n) is 4.77. The largest absolute Gasteiger partial charge is 0.375 e. The molecule has 2 heterocycles. The summed E-state index contributed by atoms with van der Waals surface area (Å²) < 4.78 is 0. The van der Waals surface area contributed by atoms with Crippen LogP contribution in [0.3, 0.4) is 0 Å². The zero-order valence-corrected chi connectivity index (χ0v) is 12.2. The van der Waals surface area contributed by atoms with Gasteiger partial charge in [0.1, 0.15) is 0 Å². The highest BCUT2D eigenvalue weighted by Gasteiger charge is 2.08. The van der Waals surface area contributed by atoms with Crippen molar-refractivity contribution in [2.45, 2.75) is 13.8 Å². The van der Waals surface area contributed by atoms with Crippen molar-refractivity contribution in [3.8, 4) is 22.5 Å². The van der Waals surface area contributed by atoms with E-state index in [-0.39, 0.29) is 0 Å². The lowest BCUT2D eigenvalue weighted by molar-refractivity contribution is 1.20. The minimum atomic E-state index is 0.585. The number of thiazole rings is 1. The fourth-order valence-electron chi connectivity index (χ4n) is 2.13. The summed E-state index contributed by atoms with van der Waals surface area (Å²) in [6.45, 7) is 4.08. The smallest absolute Gasteiger partial charge is 0.180 e. The van der Waals surface area contributed by atoms with Gasteiger partial charge in [-0.3, -0.25) is 4.98 Å². The van der Waals surface area contributed by atoms with Crippen LogP contribution in [0.15, 0.2) is 41.8 Å². The van der Waals surface area contributed by atoms with E-state index >= 15 is 0 Å². The number of hydrogen-bond acceptors (Lipinski definition) is 4. The Bertz CT molecular complexity index is 745. The Morgan fingerprint density at radius 2 is 1.65 bits per heavy atom. The van der Waals surface area contributed by atoms with Crippen LogP contribution in [0.1, 0.15) is 11.3 Å².